The first-order valence-electron chi connectivity index (χ1n) is 12.1. The summed E-state index contributed by atoms with van der Waals surface area (Å²) in [5.41, 5.74) is 3.89. The SMILES string of the molecule is C=C1CCC(N2Cc3cc(C[C@H]4CCCC[C@@H]4NCCC(C)C)ccc3C2=O)C(=O)N1. The van der Waals surface area contributed by atoms with Crippen LogP contribution in [0.1, 0.15) is 80.3 Å². The van der Waals surface area contributed by atoms with E-state index in [0.717, 1.165) is 42.1 Å². The number of amides is 2. The summed E-state index contributed by atoms with van der Waals surface area (Å²) in [6, 6.07) is 6.53. The number of piperidine rings is 1. The molecule has 1 aromatic carbocycles. The molecule has 1 aliphatic carbocycles. The first-order chi connectivity index (χ1) is 14.9. The first kappa shape index (κ1) is 22.1. The summed E-state index contributed by atoms with van der Waals surface area (Å²) >= 11 is 0. The lowest BCUT2D eigenvalue weighted by molar-refractivity contribution is -0.126. The molecule has 5 nitrogen and oxygen atoms in total. The number of carbonyl (C=O) groups excluding carboxylic acids is 2. The Hall–Kier alpha value is -2.14. The third kappa shape index (κ3) is 5.03. The summed E-state index contributed by atoms with van der Waals surface area (Å²) in [5, 5.41) is 6.64. The fraction of sp³-hybridized carbons (Fsp3) is 0.615. The largest absolute Gasteiger partial charge is 0.329 e. The second-order valence-corrected chi connectivity index (χ2v) is 10.1. The minimum absolute atomic E-state index is 0.0138. The molecular formula is C26H37N3O2. The van der Waals surface area contributed by atoms with E-state index in [2.05, 4.69) is 43.2 Å². The number of nitrogens with one attached hydrogen (secondary N) is 2. The van der Waals surface area contributed by atoms with Crippen molar-refractivity contribution in [2.75, 3.05) is 6.54 Å². The molecule has 31 heavy (non-hydrogen) atoms. The summed E-state index contributed by atoms with van der Waals surface area (Å²) in [7, 11) is 0. The Morgan fingerprint density at radius 2 is 2.00 bits per heavy atom. The van der Waals surface area contributed by atoms with Crippen LogP contribution in [0.2, 0.25) is 0 Å². The van der Waals surface area contributed by atoms with E-state index in [1.165, 1.54) is 37.7 Å². The van der Waals surface area contributed by atoms with Crippen LogP contribution in [0.4, 0.5) is 0 Å². The number of nitrogens with zero attached hydrogens (tertiary/aromatic N) is 1. The normalized spacial score (nSPS) is 26.4. The summed E-state index contributed by atoms with van der Waals surface area (Å²) in [5.74, 6) is 1.27. The first-order valence-corrected chi connectivity index (χ1v) is 12.1. The summed E-state index contributed by atoms with van der Waals surface area (Å²) in [6.45, 7) is 10.0. The van der Waals surface area contributed by atoms with E-state index in [4.69, 9.17) is 0 Å². The molecule has 5 heteroatoms. The maximum absolute atomic E-state index is 13.0. The van der Waals surface area contributed by atoms with Gasteiger partial charge in [-0.15, -0.1) is 0 Å². The van der Waals surface area contributed by atoms with Gasteiger partial charge < -0.3 is 15.5 Å². The van der Waals surface area contributed by atoms with Gasteiger partial charge in [0.25, 0.3) is 5.91 Å². The number of hydrogen-bond donors (Lipinski definition) is 2. The summed E-state index contributed by atoms with van der Waals surface area (Å²) < 4.78 is 0. The van der Waals surface area contributed by atoms with Crippen molar-refractivity contribution >= 4 is 11.8 Å². The fourth-order valence-corrected chi connectivity index (χ4v) is 5.42. The lowest BCUT2D eigenvalue weighted by Crippen LogP contribution is -2.49. The van der Waals surface area contributed by atoms with Crippen LogP contribution < -0.4 is 10.6 Å². The van der Waals surface area contributed by atoms with Crippen molar-refractivity contribution in [2.24, 2.45) is 11.8 Å². The average molecular weight is 424 g/mol. The van der Waals surface area contributed by atoms with Crippen LogP contribution in [0.5, 0.6) is 0 Å². The molecule has 4 rings (SSSR count). The predicted molar refractivity (Wildman–Crippen MR) is 124 cm³/mol. The monoisotopic (exact) mass is 423 g/mol. The molecule has 2 aliphatic heterocycles. The molecule has 3 aliphatic rings. The van der Waals surface area contributed by atoms with Crippen molar-refractivity contribution in [3.8, 4) is 0 Å². The second-order valence-electron chi connectivity index (χ2n) is 10.1. The van der Waals surface area contributed by atoms with Gasteiger partial charge in [0.05, 0.1) is 0 Å². The topological polar surface area (TPSA) is 61.4 Å². The molecular weight excluding hydrogens is 386 g/mol. The second kappa shape index (κ2) is 9.56. The zero-order valence-corrected chi connectivity index (χ0v) is 19.1. The van der Waals surface area contributed by atoms with Gasteiger partial charge in [0.2, 0.25) is 5.91 Å². The van der Waals surface area contributed by atoms with Crippen molar-refractivity contribution in [3.05, 3.63) is 47.2 Å². The van der Waals surface area contributed by atoms with E-state index in [1.54, 1.807) is 4.90 Å². The molecule has 168 valence electrons. The van der Waals surface area contributed by atoms with Gasteiger partial charge in [0.15, 0.2) is 0 Å². The van der Waals surface area contributed by atoms with Gasteiger partial charge in [-0.3, -0.25) is 9.59 Å². The number of benzene rings is 1. The molecule has 2 N–H and O–H groups in total. The Bertz CT molecular complexity index is 847. The highest BCUT2D eigenvalue weighted by atomic mass is 16.2. The molecule has 1 saturated heterocycles. The van der Waals surface area contributed by atoms with Gasteiger partial charge in [-0.25, -0.2) is 0 Å². The lowest BCUT2D eigenvalue weighted by atomic mass is 9.80. The molecule has 1 aromatic rings. The number of allylic oxidation sites excluding steroid dienone is 1. The molecule has 1 saturated carbocycles. The Labute approximate surface area is 186 Å². The molecule has 2 amide bonds. The molecule has 0 aromatic heterocycles. The van der Waals surface area contributed by atoms with Gasteiger partial charge in [0.1, 0.15) is 6.04 Å². The smallest absolute Gasteiger partial charge is 0.255 e. The van der Waals surface area contributed by atoms with E-state index in [1.807, 2.05) is 6.07 Å². The molecule has 1 unspecified atom stereocenters. The Balaban J connectivity index is 1.42. The highest BCUT2D eigenvalue weighted by Gasteiger charge is 2.38. The van der Waals surface area contributed by atoms with Crippen LogP contribution in [-0.2, 0) is 17.8 Å². The van der Waals surface area contributed by atoms with Crippen LogP contribution >= 0.6 is 0 Å². The zero-order chi connectivity index (χ0) is 22.0. The van der Waals surface area contributed by atoms with E-state index >= 15 is 0 Å². The van der Waals surface area contributed by atoms with Crippen molar-refractivity contribution < 1.29 is 9.59 Å². The van der Waals surface area contributed by atoms with Gasteiger partial charge in [-0.05, 0) is 74.1 Å². The van der Waals surface area contributed by atoms with Crippen molar-refractivity contribution in [2.45, 2.75) is 83.8 Å². The minimum Gasteiger partial charge on any atom is -0.329 e. The average Bonchev–Trinajstić information content (AvgIpc) is 3.05. The van der Waals surface area contributed by atoms with Crippen LogP contribution in [0, 0.1) is 11.8 Å². The van der Waals surface area contributed by atoms with Crippen LogP contribution in [-0.4, -0.2) is 35.3 Å². The molecule has 0 bridgehead atoms. The minimum atomic E-state index is -0.387. The molecule has 2 heterocycles. The molecule has 0 spiro atoms. The Morgan fingerprint density at radius 1 is 1.19 bits per heavy atom. The summed E-state index contributed by atoms with van der Waals surface area (Å²) in [6.07, 6.45) is 8.84. The van der Waals surface area contributed by atoms with Crippen molar-refractivity contribution in [1.82, 2.24) is 15.5 Å². The van der Waals surface area contributed by atoms with Crippen LogP contribution in [0.25, 0.3) is 0 Å². The molecule has 2 fully saturated rings. The van der Waals surface area contributed by atoms with Gasteiger partial charge >= 0.3 is 0 Å². The third-order valence-electron chi connectivity index (χ3n) is 7.24. The van der Waals surface area contributed by atoms with Gasteiger partial charge in [-0.2, -0.15) is 0 Å². The van der Waals surface area contributed by atoms with Gasteiger partial charge in [-0.1, -0.05) is 45.4 Å². The van der Waals surface area contributed by atoms with Crippen molar-refractivity contribution in [1.29, 1.82) is 0 Å². The zero-order valence-electron chi connectivity index (χ0n) is 19.1. The lowest BCUT2D eigenvalue weighted by Gasteiger charge is -2.33. The maximum atomic E-state index is 13.0. The Morgan fingerprint density at radius 3 is 2.77 bits per heavy atom. The number of fused-ring (bicyclic) bond motifs is 1. The van der Waals surface area contributed by atoms with Crippen LogP contribution in [0.15, 0.2) is 30.5 Å². The highest BCUT2D eigenvalue weighted by Crippen LogP contribution is 2.32. The number of carbonyl (C=O) groups is 2. The molecule has 3 atom stereocenters. The standard InChI is InChI=1S/C26H37N3O2/c1-17(2)12-13-27-23-7-5-4-6-20(23)14-19-9-10-22-21(15-19)16-29(26(22)31)24-11-8-18(3)28-25(24)30/h9-10,15,17,20,23-24,27H,3-8,11-14,16H2,1-2H3,(H,28,30)/t20-,23+,24?/m1/s1. The third-order valence-corrected chi connectivity index (χ3v) is 7.24. The van der Waals surface area contributed by atoms with E-state index < -0.39 is 0 Å². The van der Waals surface area contributed by atoms with Gasteiger partial charge in [0, 0.05) is 23.8 Å². The van der Waals surface area contributed by atoms with Crippen molar-refractivity contribution in [3.63, 3.8) is 0 Å². The van der Waals surface area contributed by atoms with E-state index in [9.17, 15) is 9.59 Å². The maximum Gasteiger partial charge on any atom is 0.255 e. The van der Waals surface area contributed by atoms with E-state index in [0.29, 0.717) is 24.9 Å². The quantitative estimate of drug-likeness (QED) is 0.692. The Kier molecular flexibility index (Phi) is 6.80. The number of rotatable bonds is 7. The number of hydrogen-bond acceptors (Lipinski definition) is 3. The molecule has 0 radical (unpaired) electrons. The van der Waals surface area contributed by atoms with Crippen LogP contribution in [0.3, 0.4) is 0 Å². The summed E-state index contributed by atoms with van der Waals surface area (Å²) in [4.78, 5) is 27.1. The fourth-order valence-electron chi connectivity index (χ4n) is 5.42. The highest BCUT2D eigenvalue weighted by molar-refractivity contribution is 6.01. The van der Waals surface area contributed by atoms with E-state index in [-0.39, 0.29) is 17.9 Å². The predicted octanol–water partition coefficient (Wildman–Crippen LogP) is 4.17.